The first-order valence-electron chi connectivity index (χ1n) is 6.34. The lowest BCUT2D eigenvalue weighted by Crippen LogP contribution is -2.30. The zero-order valence-electron chi connectivity index (χ0n) is 10.4. The molecule has 0 amide bonds. The molecule has 1 aliphatic carbocycles. The number of nitrogens with one attached hydrogen (secondary N) is 1. The molecule has 0 saturated heterocycles. The van der Waals surface area contributed by atoms with E-state index in [0.29, 0.717) is 0 Å². The lowest BCUT2D eigenvalue weighted by molar-refractivity contribution is 0.289. The fourth-order valence-electron chi connectivity index (χ4n) is 2.05. The highest BCUT2D eigenvalue weighted by atomic mass is 15.2. The number of hydrogen-bond acceptors (Lipinski definition) is 2. The van der Waals surface area contributed by atoms with Gasteiger partial charge in [-0.25, -0.2) is 0 Å². The summed E-state index contributed by atoms with van der Waals surface area (Å²) in [7, 11) is 0. The monoisotopic (exact) mass is 218 g/mol. The van der Waals surface area contributed by atoms with E-state index >= 15 is 0 Å². The van der Waals surface area contributed by atoms with Gasteiger partial charge in [0.1, 0.15) is 0 Å². The number of anilines is 1. The average molecular weight is 218 g/mol. The molecule has 1 aromatic rings. The normalized spacial score (nSPS) is 15.4. The zero-order valence-corrected chi connectivity index (χ0v) is 10.4. The lowest BCUT2D eigenvalue weighted by atomic mass is 10.2. The quantitative estimate of drug-likeness (QED) is 0.790. The van der Waals surface area contributed by atoms with Crippen LogP contribution in [0, 0.1) is 6.92 Å². The summed E-state index contributed by atoms with van der Waals surface area (Å²) in [5.74, 6) is 0. The highest BCUT2D eigenvalue weighted by Gasteiger charge is 2.26. The third kappa shape index (κ3) is 3.24. The molecule has 2 heteroatoms. The molecule has 2 rings (SSSR count). The van der Waals surface area contributed by atoms with Crippen LogP contribution in [0.5, 0.6) is 0 Å². The number of likely N-dealkylation sites (N-methyl/N-ethyl adjacent to an activating group) is 1. The predicted molar refractivity (Wildman–Crippen MR) is 69.9 cm³/mol. The van der Waals surface area contributed by atoms with Crippen LogP contribution in [-0.2, 0) is 0 Å². The van der Waals surface area contributed by atoms with Crippen LogP contribution < -0.4 is 5.32 Å². The molecular weight excluding hydrogens is 196 g/mol. The van der Waals surface area contributed by atoms with Crippen LogP contribution in [0.3, 0.4) is 0 Å². The smallest absolute Gasteiger partial charge is 0.0340 e. The number of nitrogens with zero attached hydrogens (tertiary/aromatic N) is 1. The van der Waals surface area contributed by atoms with Crippen molar-refractivity contribution in [3.05, 3.63) is 29.8 Å². The average Bonchev–Trinajstić information content (AvgIpc) is 3.11. The van der Waals surface area contributed by atoms with Crippen molar-refractivity contribution in [1.29, 1.82) is 0 Å². The summed E-state index contributed by atoms with van der Waals surface area (Å²) in [6.45, 7) is 7.77. The van der Waals surface area contributed by atoms with Crippen molar-refractivity contribution in [1.82, 2.24) is 4.90 Å². The molecule has 16 heavy (non-hydrogen) atoms. The summed E-state index contributed by atoms with van der Waals surface area (Å²) in [6.07, 6.45) is 2.80. The van der Waals surface area contributed by atoms with Crippen molar-refractivity contribution in [2.24, 2.45) is 0 Å². The minimum absolute atomic E-state index is 0.879. The Morgan fingerprint density at radius 1 is 1.25 bits per heavy atom. The second-order valence-electron chi connectivity index (χ2n) is 4.65. The van der Waals surface area contributed by atoms with Crippen molar-refractivity contribution < 1.29 is 0 Å². The van der Waals surface area contributed by atoms with E-state index in [0.717, 1.165) is 19.1 Å². The Morgan fingerprint density at radius 3 is 2.50 bits per heavy atom. The maximum absolute atomic E-state index is 3.48. The fraction of sp³-hybridized carbons (Fsp3) is 0.571. The Kier molecular flexibility index (Phi) is 3.83. The lowest BCUT2D eigenvalue weighted by Gasteiger charge is -2.20. The molecule has 1 N–H and O–H groups in total. The third-order valence-corrected chi connectivity index (χ3v) is 3.25. The van der Waals surface area contributed by atoms with E-state index in [1.54, 1.807) is 0 Å². The minimum atomic E-state index is 0.879. The Hall–Kier alpha value is -1.02. The van der Waals surface area contributed by atoms with Crippen molar-refractivity contribution in [2.45, 2.75) is 32.7 Å². The zero-order chi connectivity index (χ0) is 11.4. The van der Waals surface area contributed by atoms with E-state index < -0.39 is 0 Å². The van der Waals surface area contributed by atoms with Crippen LogP contribution in [0.15, 0.2) is 24.3 Å². The Morgan fingerprint density at radius 2 is 1.94 bits per heavy atom. The van der Waals surface area contributed by atoms with E-state index in [4.69, 9.17) is 0 Å². The van der Waals surface area contributed by atoms with Gasteiger partial charge >= 0.3 is 0 Å². The van der Waals surface area contributed by atoms with Crippen LogP contribution in [-0.4, -0.2) is 30.6 Å². The Labute approximate surface area is 98.7 Å². The van der Waals surface area contributed by atoms with E-state index in [1.165, 1.54) is 30.6 Å². The first-order chi connectivity index (χ1) is 7.79. The number of aryl methyl sites for hydroxylation is 1. The van der Waals surface area contributed by atoms with E-state index in [-0.39, 0.29) is 0 Å². The highest BCUT2D eigenvalue weighted by molar-refractivity contribution is 5.44. The van der Waals surface area contributed by atoms with Gasteiger partial charge in [-0.05, 0) is 38.4 Å². The summed E-state index contributed by atoms with van der Waals surface area (Å²) >= 11 is 0. The Bertz CT molecular complexity index is 314. The molecule has 1 fully saturated rings. The second kappa shape index (κ2) is 5.35. The van der Waals surface area contributed by atoms with Crippen LogP contribution in [0.2, 0.25) is 0 Å². The first kappa shape index (κ1) is 11.5. The second-order valence-corrected chi connectivity index (χ2v) is 4.65. The minimum Gasteiger partial charge on any atom is -0.384 e. The van der Waals surface area contributed by atoms with Gasteiger partial charge in [0.2, 0.25) is 0 Å². The summed E-state index contributed by atoms with van der Waals surface area (Å²) in [5.41, 5.74) is 2.55. The number of hydrogen-bond donors (Lipinski definition) is 1. The molecule has 1 aliphatic rings. The molecule has 0 heterocycles. The third-order valence-electron chi connectivity index (χ3n) is 3.25. The topological polar surface area (TPSA) is 15.3 Å². The molecule has 0 radical (unpaired) electrons. The molecule has 1 saturated carbocycles. The molecule has 0 spiro atoms. The van der Waals surface area contributed by atoms with E-state index in [1.807, 2.05) is 0 Å². The van der Waals surface area contributed by atoms with E-state index in [9.17, 15) is 0 Å². The van der Waals surface area contributed by atoms with Crippen molar-refractivity contribution >= 4 is 5.69 Å². The molecular formula is C14H22N2. The molecule has 88 valence electrons. The van der Waals surface area contributed by atoms with Crippen LogP contribution >= 0.6 is 0 Å². The van der Waals surface area contributed by atoms with Crippen LogP contribution in [0.4, 0.5) is 5.69 Å². The van der Waals surface area contributed by atoms with Crippen molar-refractivity contribution in [2.75, 3.05) is 25.0 Å². The first-order valence-corrected chi connectivity index (χ1v) is 6.34. The molecule has 0 aromatic heterocycles. The maximum Gasteiger partial charge on any atom is 0.0340 e. The molecule has 0 aliphatic heterocycles. The standard InChI is InChI=1S/C14H22N2/c1-3-16(14-8-9-14)11-10-15-13-6-4-12(2)5-7-13/h4-7,14-15H,3,8-11H2,1-2H3. The Balaban J connectivity index is 1.72. The van der Waals surface area contributed by atoms with Gasteiger partial charge in [0.15, 0.2) is 0 Å². The van der Waals surface area contributed by atoms with Gasteiger partial charge in [-0.3, -0.25) is 4.90 Å². The molecule has 2 nitrogen and oxygen atoms in total. The van der Waals surface area contributed by atoms with Crippen molar-refractivity contribution in [3.8, 4) is 0 Å². The van der Waals surface area contributed by atoms with Gasteiger partial charge in [0.05, 0.1) is 0 Å². The molecule has 0 atom stereocenters. The van der Waals surface area contributed by atoms with E-state index in [2.05, 4.69) is 48.3 Å². The summed E-state index contributed by atoms with van der Waals surface area (Å²) < 4.78 is 0. The van der Waals surface area contributed by atoms with Crippen LogP contribution in [0.25, 0.3) is 0 Å². The summed E-state index contributed by atoms with van der Waals surface area (Å²) in [6, 6.07) is 9.50. The van der Waals surface area contributed by atoms with Gasteiger partial charge in [0.25, 0.3) is 0 Å². The van der Waals surface area contributed by atoms with Gasteiger partial charge < -0.3 is 5.32 Å². The highest BCUT2D eigenvalue weighted by Crippen LogP contribution is 2.25. The number of benzene rings is 1. The predicted octanol–water partition coefficient (Wildman–Crippen LogP) is 2.89. The molecule has 0 unspecified atom stereocenters. The molecule has 1 aromatic carbocycles. The fourth-order valence-corrected chi connectivity index (χ4v) is 2.05. The molecule has 0 bridgehead atoms. The van der Waals surface area contributed by atoms with Crippen molar-refractivity contribution in [3.63, 3.8) is 0 Å². The number of rotatable bonds is 6. The van der Waals surface area contributed by atoms with Gasteiger partial charge in [-0.1, -0.05) is 24.6 Å². The maximum atomic E-state index is 3.48. The van der Waals surface area contributed by atoms with Gasteiger partial charge in [0, 0.05) is 24.8 Å². The summed E-state index contributed by atoms with van der Waals surface area (Å²) in [4.78, 5) is 2.57. The summed E-state index contributed by atoms with van der Waals surface area (Å²) in [5, 5.41) is 3.48. The van der Waals surface area contributed by atoms with Gasteiger partial charge in [-0.15, -0.1) is 0 Å². The SMILES string of the molecule is CCN(CCNc1ccc(C)cc1)C1CC1. The largest absolute Gasteiger partial charge is 0.384 e. The van der Waals surface area contributed by atoms with Crippen LogP contribution in [0.1, 0.15) is 25.3 Å². The van der Waals surface area contributed by atoms with Gasteiger partial charge in [-0.2, -0.15) is 0 Å².